The van der Waals surface area contributed by atoms with Crippen LogP contribution in [-0.2, 0) is 19.4 Å². The summed E-state index contributed by atoms with van der Waals surface area (Å²) in [7, 11) is 0. The van der Waals surface area contributed by atoms with Crippen LogP contribution < -0.4 is 0 Å². The normalized spacial score (nSPS) is 13.7. The number of hydrogen-bond acceptors (Lipinski definition) is 3. The Morgan fingerprint density at radius 2 is 2.00 bits per heavy atom. The Morgan fingerprint density at radius 1 is 1.27 bits per heavy atom. The summed E-state index contributed by atoms with van der Waals surface area (Å²) in [6.07, 6.45) is 4.34. The monoisotopic (exact) mass is 315 g/mol. The molecule has 1 aromatic heterocycles. The number of benzene rings is 1. The minimum atomic E-state index is -0.0817. The van der Waals surface area contributed by atoms with Crippen LogP contribution in [0.4, 0.5) is 0 Å². The summed E-state index contributed by atoms with van der Waals surface area (Å²) in [6.45, 7) is 3.21. The van der Waals surface area contributed by atoms with Crippen LogP contribution in [0.5, 0.6) is 5.75 Å². The van der Waals surface area contributed by atoms with E-state index in [1.807, 2.05) is 30.5 Å². The Balaban J connectivity index is 1.86. The zero-order valence-corrected chi connectivity index (χ0v) is 13.7. The van der Waals surface area contributed by atoms with Gasteiger partial charge in [0.2, 0.25) is 0 Å². The summed E-state index contributed by atoms with van der Waals surface area (Å²) in [6, 6.07) is 7.73. The van der Waals surface area contributed by atoms with Crippen LogP contribution in [0.25, 0.3) is 0 Å². The standard InChI is InChI=1S/C18H21NO2S/c1-2-19(12-15-8-5-9-22-15)18(21)16-10-13-6-3-4-7-14(13)11-17(16)20/h5,8-11,20H,2-4,6-7,12H2,1H3. The van der Waals surface area contributed by atoms with E-state index in [2.05, 4.69) is 0 Å². The zero-order valence-electron chi connectivity index (χ0n) is 12.8. The van der Waals surface area contributed by atoms with Crippen molar-refractivity contribution in [1.82, 2.24) is 4.90 Å². The van der Waals surface area contributed by atoms with Crippen molar-refractivity contribution in [2.75, 3.05) is 6.54 Å². The van der Waals surface area contributed by atoms with Gasteiger partial charge in [-0.25, -0.2) is 0 Å². The number of phenols is 1. The first kappa shape index (κ1) is 15.1. The van der Waals surface area contributed by atoms with Crippen molar-refractivity contribution in [1.29, 1.82) is 0 Å². The molecule has 0 radical (unpaired) electrons. The van der Waals surface area contributed by atoms with Gasteiger partial charge >= 0.3 is 0 Å². The second-order valence-electron chi connectivity index (χ2n) is 5.74. The fraction of sp³-hybridized carbons (Fsp3) is 0.389. The molecule has 0 spiro atoms. The second-order valence-corrected chi connectivity index (χ2v) is 6.78. The number of carbonyl (C=O) groups is 1. The van der Waals surface area contributed by atoms with Crippen LogP contribution in [0.1, 0.15) is 46.1 Å². The fourth-order valence-corrected chi connectivity index (χ4v) is 3.75. The summed E-state index contributed by atoms with van der Waals surface area (Å²) in [4.78, 5) is 15.7. The number of fused-ring (bicyclic) bond motifs is 1. The Bertz CT molecular complexity index is 664. The largest absolute Gasteiger partial charge is 0.507 e. The Kier molecular flexibility index (Phi) is 4.48. The molecule has 3 nitrogen and oxygen atoms in total. The van der Waals surface area contributed by atoms with E-state index in [0.717, 1.165) is 24.1 Å². The summed E-state index contributed by atoms with van der Waals surface area (Å²) < 4.78 is 0. The van der Waals surface area contributed by atoms with E-state index in [-0.39, 0.29) is 11.7 Å². The topological polar surface area (TPSA) is 40.5 Å². The van der Waals surface area contributed by atoms with Crippen molar-refractivity contribution >= 4 is 17.2 Å². The molecule has 0 fully saturated rings. The van der Waals surface area contributed by atoms with E-state index in [9.17, 15) is 9.90 Å². The Labute approximate surface area is 135 Å². The molecular formula is C18H21NO2S. The van der Waals surface area contributed by atoms with Crippen LogP contribution in [0, 0.1) is 0 Å². The highest BCUT2D eigenvalue weighted by atomic mass is 32.1. The third kappa shape index (κ3) is 3.02. The minimum absolute atomic E-state index is 0.0817. The molecule has 0 unspecified atom stereocenters. The maximum Gasteiger partial charge on any atom is 0.257 e. The molecule has 1 aromatic carbocycles. The van der Waals surface area contributed by atoms with E-state index in [0.29, 0.717) is 18.7 Å². The number of thiophene rings is 1. The molecule has 3 rings (SSSR count). The number of rotatable bonds is 4. The zero-order chi connectivity index (χ0) is 15.5. The van der Waals surface area contributed by atoms with Crippen LogP contribution in [-0.4, -0.2) is 22.5 Å². The molecule has 1 amide bonds. The predicted octanol–water partition coefficient (Wildman–Crippen LogP) is 3.99. The first-order valence-corrected chi connectivity index (χ1v) is 8.73. The lowest BCUT2D eigenvalue weighted by molar-refractivity contribution is 0.0751. The highest BCUT2D eigenvalue weighted by Crippen LogP contribution is 2.29. The first-order valence-electron chi connectivity index (χ1n) is 7.85. The SMILES string of the molecule is CCN(Cc1cccs1)C(=O)c1cc2c(cc1O)CCCC2. The molecule has 1 aliphatic rings. The summed E-state index contributed by atoms with van der Waals surface area (Å²) in [5, 5.41) is 12.3. The number of carbonyl (C=O) groups excluding carboxylic acids is 1. The number of phenolic OH excluding ortho intramolecular Hbond substituents is 1. The molecule has 2 aromatic rings. The van der Waals surface area contributed by atoms with Gasteiger partial charge in [0.1, 0.15) is 5.75 Å². The quantitative estimate of drug-likeness (QED) is 0.926. The van der Waals surface area contributed by atoms with Gasteiger partial charge in [0.15, 0.2) is 0 Å². The number of nitrogens with zero attached hydrogens (tertiary/aromatic N) is 1. The van der Waals surface area contributed by atoms with Crippen LogP contribution in [0.2, 0.25) is 0 Å². The molecule has 116 valence electrons. The molecule has 0 bridgehead atoms. The van der Waals surface area contributed by atoms with E-state index in [1.54, 1.807) is 22.3 Å². The molecule has 1 heterocycles. The van der Waals surface area contributed by atoms with Gasteiger partial charge in [-0.2, -0.15) is 0 Å². The Hall–Kier alpha value is -1.81. The van der Waals surface area contributed by atoms with Gasteiger partial charge in [-0.3, -0.25) is 4.79 Å². The lowest BCUT2D eigenvalue weighted by Gasteiger charge is -2.23. The van der Waals surface area contributed by atoms with E-state index < -0.39 is 0 Å². The summed E-state index contributed by atoms with van der Waals surface area (Å²) >= 11 is 1.65. The fourth-order valence-electron chi connectivity index (χ4n) is 3.03. The molecule has 1 aliphatic carbocycles. The lowest BCUT2D eigenvalue weighted by atomic mass is 9.89. The summed E-state index contributed by atoms with van der Waals surface area (Å²) in [5.74, 6) is 0.0389. The molecule has 22 heavy (non-hydrogen) atoms. The van der Waals surface area contributed by atoms with Gasteiger partial charge < -0.3 is 10.0 Å². The maximum atomic E-state index is 12.8. The van der Waals surface area contributed by atoms with Crippen LogP contribution in [0.15, 0.2) is 29.6 Å². The van der Waals surface area contributed by atoms with Crippen molar-refractivity contribution in [2.45, 2.75) is 39.2 Å². The van der Waals surface area contributed by atoms with Gasteiger partial charge in [-0.1, -0.05) is 6.07 Å². The first-order chi connectivity index (χ1) is 10.7. The van der Waals surface area contributed by atoms with E-state index in [4.69, 9.17) is 0 Å². The van der Waals surface area contributed by atoms with Gasteiger partial charge in [0, 0.05) is 11.4 Å². The smallest absolute Gasteiger partial charge is 0.257 e. The number of aromatic hydroxyl groups is 1. The maximum absolute atomic E-state index is 12.8. The van der Waals surface area contributed by atoms with Crippen LogP contribution in [0.3, 0.4) is 0 Å². The highest BCUT2D eigenvalue weighted by Gasteiger charge is 2.21. The van der Waals surface area contributed by atoms with E-state index >= 15 is 0 Å². The van der Waals surface area contributed by atoms with Crippen molar-refractivity contribution in [3.8, 4) is 5.75 Å². The molecule has 0 saturated heterocycles. The van der Waals surface area contributed by atoms with E-state index in [1.165, 1.54) is 17.5 Å². The molecule has 0 atom stereocenters. The van der Waals surface area contributed by atoms with Gasteiger partial charge in [0.25, 0.3) is 5.91 Å². The molecule has 4 heteroatoms. The lowest BCUT2D eigenvalue weighted by Crippen LogP contribution is -2.30. The van der Waals surface area contributed by atoms with Crippen molar-refractivity contribution in [2.24, 2.45) is 0 Å². The highest BCUT2D eigenvalue weighted by molar-refractivity contribution is 7.09. The van der Waals surface area contributed by atoms with Crippen molar-refractivity contribution in [3.63, 3.8) is 0 Å². The molecule has 0 saturated carbocycles. The van der Waals surface area contributed by atoms with Crippen LogP contribution >= 0.6 is 11.3 Å². The molecular weight excluding hydrogens is 294 g/mol. The average molecular weight is 315 g/mol. The molecule has 1 N–H and O–H groups in total. The third-order valence-corrected chi connectivity index (χ3v) is 5.15. The van der Waals surface area contributed by atoms with Crippen molar-refractivity contribution in [3.05, 3.63) is 51.2 Å². The number of amides is 1. The van der Waals surface area contributed by atoms with Crippen molar-refractivity contribution < 1.29 is 9.90 Å². The average Bonchev–Trinajstić information content (AvgIpc) is 3.04. The van der Waals surface area contributed by atoms with Gasteiger partial charge in [-0.15, -0.1) is 11.3 Å². The third-order valence-electron chi connectivity index (χ3n) is 4.29. The van der Waals surface area contributed by atoms with Gasteiger partial charge in [0.05, 0.1) is 12.1 Å². The minimum Gasteiger partial charge on any atom is -0.507 e. The Morgan fingerprint density at radius 3 is 2.64 bits per heavy atom. The predicted molar refractivity (Wildman–Crippen MR) is 89.5 cm³/mol. The number of hydrogen-bond donors (Lipinski definition) is 1. The molecule has 0 aliphatic heterocycles. The van der Waals surface area contributed by atoms with Gasteiger partial charge in [-0.05, 0) is 67.3 Å². The summed E-state index contributed by atoms with van der Waals surface area (Å²) in [5.41, 5.74) is 2.86. The number of aryl methyl sites for hydroxylation is 2. The second kappa shape index (κ2) is 6.53.